The summed E-state index contributed by atoms with van der Waals surface area (Å²) in [6.45, 7) is 2.06. The highest BCUT2D eigenvalue weighted by molar-refractivity contribution is 5.87. The normalized spacial score (nSPS) is 10.5. The van der Waals surface area contributed by atoms with Gasteiger partial charge in [-0.25, -0.2) is 15.0 Å². The predicted molar refractivity (Wildman–Crippen MR) is 71.8 cm³/mol. The van der Waals surface area contributed by atoms with Crippen molar-refractivity contribution in [1.82, 2.24) is 15.0 Å². The highest BCUT2D eigenvalue weighted by Gasteiger charge is 2.03. The van der Waals surface area contributed by atoms with Gasteiger partial charge in [0.05, 0.1) is 5.39 Å². The Hall–Kier alpha value is -2.49. The topological polar surface area (TPSA) is 50.7 Å². The van der Waals surface area contributed by atoms with Crippen molar-refractivity contribution in [3.63, 3.8) is 0 Å². The lowest BCUT2D eigenvalue weighted by Crippen LogP contribution is -1.96. The summed E-state index contributed by atoms with van der Waals surface area (Å²) < 4.78 is 0. The van der Waals surface area contributed by atoms with Crippen LogP contribution in [-0.4, -0.2) is 15.0 Å². The first kappa shape index (κ1) is 10.7. The van der Waals surface area contributed by atoms with E-state index in [-0.39, 0.29) is 0 Å². The predicted octanol–water partition coefficient (Wildman–Crippen LogP) is 3.08. The van der Waals surface area contributed by atoms with Crippen molar-refractivity contribution in [2.45, 2.75) is 6.92 Å². The molecule has 0 bridgehead atoms. The Labute approximate surface area is 105 Å². The highest BCUT2D eigenvalue weighted by atomic mass is 15.0. The molecular weight excluding hydrogens is 224 g/mol. The summed E-state index contributed by atoms with van der Waals surface area (Å²) in [5.41, 5.74) is 2.91. The van der Waals surface area contributed by atoms with Gasteiger partial charge in [0, 0.05) is 11.9 Å². The van der Waals surface area contributed by atoms with Crippen LogP contribution < -0.4 is 5.32 Å². The first-order chi connectivity index (χ1) is 8.83. The number of rotatable bonds is 2. The number of hydrogen-bond donors (Lipinski definition) is 1. The van der Waals surface area contributed by atoms with Gasteiger partial charge in [0.25, 0.3) is 0 Å². The van der Waals surface area contributed by atoms with Gasteiger partial charge in [0.1, 0.15) is 12.1 Å². The van der Waals surface area contributed by atoms with Crippen molar-refractivity contribution in [1.29, 1.82) is 0 Å². The van der Waals surface area contributed by atoms with Gasteiger partial charge in [0.2, 0.25) is 0 Å². The van der Waals surface area contributed by atoms with E-state index in [1.54, 1.807) is 6.20 Å². The smallest absolute Gasteiger partial charge is 0.164 e. The number of benzene rings is 1. The van der Waals surface area contributed by atoms with E-state index in [0.717, 1.165) is 16.9 Å². The quantitative estimate of drug-likeness (QED) is 0.742. The van der Waals surface area contributed by atoms with Crippen LogP contribution in [0.3, 0.4) is 0 Å². The molecule has 1 aromatic carbocycles. The molecule has 0 radical (unpaired) electrons. The maximum atomic E-state index is 4.27. The number of nitrogens with zero attached hydrogens (tertiary/aromatic N) is 3. The van der Waals surface area contributed by atoms with Gasteiger partial charge in [-0.1, -0.05) is 12.1 Å². The standard InChI is InChI=1S/C14H12N4/c1-10-4-2-5-11(8-10)18-14-12-6-3-7-15-13(12)16-9-17-14/h2-9H,1H3,(H,15,16,17,18). The zero-order valence-electron chi connectivity index (χ0n) is 9.96. The summed E-state index contributed by atoms with van der Waals surface area (Å²) >= 11 is 0. The van der Waals surface area contributed by atoms with Crippen LogP contribution in [-0.2, 0) is 0 Å². The lowest BCUT2D eigenvalue weighted by atomic mass is 10.2. The fourth-order valence-corrected chi connectivity index (χ4v) is 1.85. The van der Waals surface area contributed by atoms with Gasteiger partial charge >= 0.3 is 0 Å². The van der Waals surface area contributed by atoms with Gasteiger partial charge in [-0.05, 0) is 36.8 Å². The van der Waals surface area contributed by atoms with E-state index in [1.807, 2.05) is 24.3 Å². The molecule has 0 unspecified atom stereocenters. The molecule has 18 heavy (non-hydrogen) atoms. The Morgan fingerprint density at radius 1 is 1.00 bits per heavy atom. The average molecular weight is 236 g/mol. The van der Waals surface area contributed by atoms with Gasteiger partial charge < -0.3 is 5.32 Å². The van der Waals surface area contributed by atoms with E-state index in [4.69, 9.17) is 0 Å². The average Bonchev–Trinajstić information content (AvgIpc) is 2.39. The Bertz CT molecular complexity index is 689. The van der Waals surface area contributed by atoms with Crippen LogP contribution in [0.4, 0.5) is 11.5 Å². The molecule has 0 aliphatic rings. The third kappa shape index (κ3) is 2.00. The molecule has 3 rings (SSSR count). The molecule has 0 saturated carbocycles. The van der Waals surface area contributed by atoms with Crippen LogP contribution in [0.1, 0.15) is 5.56 Å². The molecule has 4 heteroatoms. The molecule has 1 N–H and O–H groups in total. The second-order valence-corrected chi connectivity index (χ2v) is 4.09. The Morgan fingerprint density at radius 3 is 2.83 bits per heavy atom. The molecule has 0 amide bonds. The van der Waals surface area contributed by atoms with Gasteiger partial charge in [0.15, 0.2) is 5.65 Å². The van der Waals surface area contributed by atoms with E-state index in [9.17, 15) is 0 Å². The molecule has 2 aromatic heterocycles. The van der Waals surface area contributed by atoms with Crippen molar-refractivity contribution in [3.05, 3.63) is 54.5 Å². The minimum atomic E-state index is 0.697. The van der Waals surface area contributed by atoms with Crippen molar-refractivity contribution >= 4 is 22.5 Å². The number of hydrogen-bond acceptors (Lipinski definition) is 4. The minimum Gasteiger partial charge on any atom is -0.340 e. The van der Waals surface area contributed by atoms with Gasteiger partial charge in [-0.2, -0.15) is 0 Å². The van der Waals surface area contributed by atoms with Crippen LogP contribution in [0.2, 0.25) is 0 Å². The maximum absolute atomic E-state index is 4.27. The van der Waals surface area contributed by atoms with Crippen molar-refractivity contribution < 1.29 is 0 Å². The molecule has 3 aromatic rings. The molecule has 0 aliphatic heterocycles. The second kappa shape index (κ2) is 4.41. The Kier molecular flexibility index (Phi) is 2.61. The van der Waals surface area contributed by atoms with Gasteiger partial charge in [-0.3, -0.25) is 0 Å². The Morgan fingerprint density at radius 2 is 1.94 bits per heavy atom. The summed E-state index contributed by atoms with van der Waals surface area (Å²) in [5, 5.41) is 4.21. The zero-order valence-corrected chi connectivity index (χ0v) is 9.96. The van der Waals surface area contributed by atoms with E-state index in [1.165, 1.54) is 11.9 Å². The Balaban J connectivity index is 2.05. The molecule has 0 spiro atoms. The van der Waals surface area contributed by atoms with Crippen LogP contribution in [0, 0.1) is 6.92 Å². The number of aryl methyl sites for hydroxylation is 1. The third-order valence-corrected chi connectivity index (χ3v) is 2.69. The largest absolute Gasteiger partial charge is 0.340 e. The highest BCUT2D eigenvalue weighted by Crippen LogP contribution is 2.21. The monoisotopic (exact) mass is 236 g/mol. The zero-order chi connectivity index (χ0) is 12.4. The second-order valence-electron chi connectivity index (χ2n) is 4.09. The summed E-state index contributed by atoms with van der Waals surface area (Å²) in [5.74, 6) is 0.777. The minimum absolute atomic E-state index is 0.697. The fourth-order valence-electron chi connectivity index (χ4n) is 1.85. The number of anilines is 2. The van der Waals surface area contributed by atoms with Gasteiger partial charge in [-0.15, -0.1) is 0 Å². The fraction of sp³-hybridized carbons (Fsp3) is 0.0714. The van der Waals surface area contributed by atoms with Crippen LogP contribution in [0.15, 0.2) is 48.9 Å². The summed E-state index contributed by atoms with van der Waals surface area (Å²) in [7, 11) is 0. The molecule has 0 aliphatic carbocycles. The summed E-state index contributed by atoms with van der Waals surface area (Å²) in [6.07, 6.45) is 3.25. The molecule has 0 saturated heterocycles. The molecule has 2 heterocycles. The number of nitrogens with one attached hydrogen (secondary N) is 1. The first-order valence-electron chi connectivity index (χ1n) is 5.72. The maximum Gasteiger partial charge on any atom is 0.164 e. The lowest BCUT2D eigenvalue weighted by molar-refractivity contribution is 1.18. The summed E-state index contributed by atoms with van der Waals surface area (Å²) in [6, 6.07) is 12.0. The first-order valence-corrected chi connectivity index (χ1v) is 5.72. The van der Waals surface area contributed by atoms with E-state index in [2.05, 4.69) is 39.3 Å². The third-order valence-electron chi connectivity index (χ3n) is 2.69. The lowest BCUT2D eigenvalue weighted by Gasteiger charge is -2.08. The number of aromatic nitrogens is 3. The van der Waals surface area contributed by atoms with Crippen LogP contribution >= 0.6 is 0 Å². The van der Waals surface area contributed by atoms with E-state index >= 15 is 0 Å². The van der Waals surface area contributed by atoms with Crippen LogP contribution in [0.25, 0.3) is 11.0 Å². The molecular formula is C14H12N4. The molecule has 0 fully saturated rings. The van der Waals surface area contributed by atoms with Crippen molar-refractivity contribution in [2.75, 3.05) is 5.32 Å². The molecule has 4 nitrogen and oxygen atoms in total. The number of fused-ring (bicyclic) bond motifs is 1. The molecule has 88 valence electrons. The van der Waals surface area contributed by atoms with Crippen molar-refractivity contribution in [3.8, 4) is 0 Å². The number of pyridine rings is 1. The van der Waals surface area contributed by atoms with E-state index < -0.39 is 0 Å². The molecule has 0 atom stereocenters. The summed E-state index contributed by atoms with van der Waals surface area (Å²) in [4.78, 5) is 12.6. The van der Waals surface area contributed by atoms with Crippen molar-refractivity contribution in [2.24, 2.45) is 0 Å². The van der Waals surface area contributed by atoms with Crippen LogP contribution in [0.5, 0.6) is 0 Å². The SMILES string of the molecule is Cc1cccc(Nc2ncnc3ncccc23)c1. The van der Waals surface area contributed by atoms with E-state index in [0.29, 0.717) is 5.65 Å².